The Labute approximate surface area is 148 Å². The van der Waals surface area contributed by atoms with Crippen molar-refractivity contribution in [1.29, 1.82) is 5.26 Å². The molecule has 5 heteroatoms. The van der Waals surface area contributed by atoms with Crippen LogP contribution < -0.4 is 9.47 Å². The number of aliphatic imine (C=N–C) groups is 1. The summed E-state index contributed by atoms with van der Waals surface area (Å²) >= 11 is 0. The Morgan fingerprint density at radius 1 is 1.20 bits per heavy atom. The van der Waals surface area contributed by atoms with E-state index in [1.165, 1.54) is 11.4 Å². The highest BCUT2D eigenvalue weighted by atomic mass is 16.5. The number of nitriles is 1. The minimum atomic E-state index is -0.279. The van der Waals surface area contributed by atoms with Crippen LogP contribution in [0.5, 0.6) is 11.5 Å². The maximum absolute atomic E-state index is 9.90. The van der Waals surface area contributed by atoms with Crippen molar-refractivity contribution in [2.75, 3.05) is 27.3 Å². The molecule has 130 valence electrons. The van der Waals surface area contributed by atoms with Gasteiger partial charge in [0.15, 0.2) is 0 Å². The van der Waals surface area contributed by atoms with E-state index in [2.05, 4.69) is 11.0 Å². The molecule has 0 spiro atoms. The number of methoxy groups -OCH3 is 2. The fourth-order valence-electron chi connectivity index (χ4n) is 4.51. The summed E-state index contributed by atoms with van der Waals surface area (Å²) in [6.07, 6.45) is 2.32. The Morgan fingerprint density at radius 3 is 2.60 bits per heavy atom. The van der Waals surface area contributed by atoms with E-state index >= 15 is 0 Å². The summed E-state index contributed by atoms with van der Waals surface area (Å²) in [5.74, 6) is 1.78. The largest absolute Gasteiger partial charge is 0.497 e. The van der Waals surface area contributed by atoms with Gasteiger partial charge in [0.2, 0.25) is 0 Å². The number of ether oxygens (including phenoxy) is 2. The maximum atomic E-state index is 9.90. The van der Waals surface area contributed by atoms with E-state index in [-0.39, 0.29) is 11.8 Å². The first-order chi connectivity index (χ1) is 12.2. The van der Waals surface area contributed by atoms with Crippen LogP contribution in [0.1, 0.15) is 31.2 Å². The Hall–Kier alpha value is -2.48. The number of nitrogens with zero attached hydrogens (tertiary/aromatic N) is 3. The summed E-state index contributed by atoms with van der Waals surface area (Å²) in [6, 6.07) is 8.34. The summed E-state index contributed by atoms with van der Waals surface area (Å²) in [5, 5.41) is 9.90. The van der Waals surface area contributed by atoms with Crippen LogP contribution in [-0.2, 0) is 0 Å². The average molecular weight is 337 g/mol. The monoisotopic (exact) mass is 337 g/mol. The molecule has 2 bridgehead atoms. The van der Waals surface area contributed by atoms with Crippen molar-refractivity contribution in [3.8, 4) is 17.6 Å². The smallest absolute Gasteiger partial charge is 0.123 e. The number of piperidine rings is 1. The number of allylic oxidation sites excluding steroid dienone is 2. The van der Waals surface area contributed by atoms with Gasteiger partial charge in [0.25, 0.3) is 0 Å². The van der Waals surface area contributed by atoms with E-state index in [1.807, 2.05) is 25.1 Å². The van der Waals surface area contributed by atoms with Crippen LogP contribution in [0.2, 0.25) is 0 Å². The maximum Gasteiger partial charge on any atom is 0.123 e. The summed E-state index contributed by atoms with van der Waals surface area (Å²) in [4.78, 5) is 7.30. The highest BCUT2D eigenvalue weighted by molar-refractivity contribution is 5.90. The molecule has 1 aromatic rings. The fraction of sp³-hybridized carbons (Fsp3) is 0.500. The molecule has 25 heavy (non-hydrogen) atoms. The van der Waals surface area contributed by atoms with Gasteiger partial charge < -0.3 is 14.4 Å². The Kier molecular flexibility index (Phi) is 3.91. The van der Waals surface area contributed by atoms with Crippen LogP contribution >= 0.6 is 0 Å². The first kappa shape index (κ1) is 16.0. The number of rotatable bonds is 3. The lowest BCUT2D eigenvalue weighted by Gasteiger charge is -2.48. The van der Waals surface area contributed by atoms with E-state index in [9.17, 15) is 5.26 Å². The zero-order valence-electron chi connectivity index (χ0n) is 15.0. The summed E-state index contributed by atoms with van der Waals surface area (Å²) in [6.45, 7) is 4.09. The molecule has 4 aliphatic heterocycles. The Morgan fingerprint density at radius 2 is 1.96 bits per heavy atom. The third-order valence-corrected chi connectivity index (χ3v) is 5.77. The zero-order valence-corrected chi connectivity index (χ0v) is 15.0. The van der Waals surface area contributed by atoms with E-state index in [4.69, 9.17) is 14.5 Å². The van der Waals surface area contributed by atoms with Crippen molar-refractivity contribution < 1.29 is 9.47 Å². The number of benzene rings is 1. The SMILES string of the molecule is COc1ccc(OC)c([C@@H]2C3=C(N=C(C)C2C#N)C2CCN3CC2)c1. The van der Waals surface area contributed by atoms with E-state index in [0.717, 1.165) is 48.7 Å². The Bertz CT molecular complexity index is 798. The molecular weight excluding hydrogens is 314 g/mol. The molecular formula is C20H23N3O2. The normalized spacial score (nSPS) is 25.4. The molecule has 0 aromatic heterocycles. The van der Waals surface area contributed by atoms with Crippen LogP contribution in [0.25, 0.3) is 0 Å². The van der Waals surface area contributed by atoms with Crippen LogP contribution in [0, 0.1) is 23.2 Å². The molecule has 5 rings (SSSR count). The van der Waals surface area contributed by atoms with Crippen molar-refractivity contribution >= 4 is 5.71 Å². The topological polar surface area (TPSA) is 57.9 Å². The summed E-state index contributed by atoms with van der Waals surface area (Å²) in [5.41, 5.74) is 4.34. The molecule has 0 N–H and O–H groups in total. The van der Waals surface area contributed by atoms with E-state index < -0.39 is 0 Å². The third kappa shape index (κ3) is 2.39. The van der Waals surface area contributed by atoms with Crippen LogP contribution in [0.4, 0.5) is 0 Å². The third-order valence-electron chi connectivity index (χ3n) is 5.77. The molecule has 0 aliphatic carbocycles. The number of fused-ring (bicyclic) bond motifs is 2. The van der Waals surface area contributed by atoms with Gasteiger partial charge in [-0.15, -0.1) is 0 Å². The molecule has 5 nitrogen and oxygen atoms in total. The lowest BCUT2D eigenvalue weighted by Crippen LogP contribution is -2.45. The van der Waals surface area contributed by atoms with E-state index in [0.29, 0.717) is 5.92 Å². The quantitative estimate of drug-likeness (QED) is 0.849. The lowest BCUT2D eigenvalue weighted by molar-refractivity contribution is 0.186. The zero-order chi connectivity index (χ0) is 17.6. The Balaban J connectivity index is 1.93. The van der Waals surface area contributed by atoms with Gasteiger partial charge in [-0.05, 0) is 38.0 Å². The highest BCUT2D eigenvalue weighted by Crippen LogP contribution is 2.50. The van der Waals surface area contributed by atoms with Gasteiger partial charge in [-0.2, -0.15) is 5.26 Å². The standard InChI is InChI=1S/C20H23N3O2/c1-12-16(11-21)18(15-10-14(24-2)4-5-17(15)25-3)20-19(22-12)13-6-8-23(20)9-7-13/h4-5,10,13,16,18H,6-9H2,1-3H3/t16?,18-/m0/s1. The van der Waals surface area contributed by atoms with Crippen molar-refractivity contribution in [2.45, 2.75) is 25.7 Å². The van der Waals surface area contributed by atoms with Gasteiger partial charge in [-0.3, -0.25) is 4.99 Å². The first-order valence-corrected chi connectivity index (χ1v) is 8.83. The predicted octanol–water partition coefficient (Wildman–Crippen LogP) is 3.34. The second-order valence-corrected chi connectivity index (χ2v) is 6.98. The fourth-order valence-corrected chi connectivity index (χ4v) is 4.51. The van der Waals surface area contributed by atoms with Gasteiger partial charge in [-0.25, -0.2) is 0 Å². The van der Waals surface area contributed by atoms with E-state index in [1.54, 1.807) is 14.2 Å². The number of hydrogen-bond acceptors (Lipinski definition) is 5. The minimum Gasteiger partial charge on any atom is -0.497 e. The second-order valence-electron chi connectivity index (χ2n) is 6.98. The second kappa shape index (κ2) is 6.11. The summed E-state index contributed by atoms with van der Waals surface area (Å²) < 4.78 is 11.1. The molecule has 2 atom stereocenters. The van der Waals surface area contributed by atoms with Gasteiger partial charge in [-0.1, -0.05) is 0 Å². The average Bonchev–Trinajstić information content (AvgIpc) is 2.67. The molecule has 0 saturated carbocycles. The molecule has 0 amide bonds. The first-order valence-electron chi connectivity index (χ1n) is 8.83. The molecule has 4 heterocycles. The molecule has 1 fully saturated rings. The highest BCUT2D eigenvalue weighted by Gasteiger charge is 2.44. The van der Waals surface area contributed by atoms with Crippen molar-refractivity contribution in [3.63, 3.8) is 0 Å². The van der Waals surface area contributed by atoms with Crippen LogP contribution in [-0.4, -0.2) is 37.9 Å². The molecule has 4 aliphatic rings. The predicted molar refractivity (Wildman–Crippen MR) is 95.8 cm³/mol. The van der Waals surface area contributed by atoms with Crippen LogP contribution in [0.15, 0.2) is 34.6 Å². The molecule has 1 unspecified atom stereocenters. The minimum absolute atomic E-state index is 0.0503. The molecule has 1 saturated heterocycles. The van der Waals surface area contributed by atoms with Gasteiger partial charge in [0.1, 0.15) is 11.5 Å². The van der Waals surface area contributed by atoms with Gasteiger partial charge >= 0.3 is 0 Å². The van der Waals surface area contributed by atoms with Gasteiger partial charge in [0.05, 0.1) is 37.8 Å². The van der Waals surface area contributed by atoms with Crippen LogP contribution in [0.3, 0.4) is 0 Å². The molecule has 0 radical (unpaired) electrons. The van der Waals surface area contributed by atoms with Crippen molar-refractivity contribution in [2.24, 2.45) is 16.8 Å². The molecule has 1 aromatic carbocycles. The van der Waals surface area contributed by atoms with Crippen molar-refractivity contribution in [3.05, 3.63) is 35.2 Å². The lowest BCUT2D eigenvalue weighted by atomic mass is 9.73. The number of hydrogen-bond donors (Lipinski definition) is 0. The summed E-state index contributed by atoms with van der Waals surface area (Å²) in [7, 11) is 3.34. The van der Waals surface area contributed by atoms with Gasteiger partial charge in [0, 0.05) is 36.0 Å². The van der Waals surface area contributed by atoms with Crippen molar-refractivity contribution in [1.82, 2.24) is 4.90 Å².